The van der Waals surface area contributed by atoms with Crippen LogP contribution in [0.15, 0.2) is 72.9 Å². The van der Waals surface area contributed by atoms with Crippen LogP contribution in [0.4, 0.5) is 10.1 Å². The van der Waals surface area contributed by atoms with Gasteiger partial charge in [0, 0.05) is 11.9 Å². The average molecular weight is 389 g/mol. The maximum absolute atomic E-state index is 13.4. The van der Waals surface area contributed by atoms with Crippen molar-refractivity contribution in [2.45, 2.75) is 25.4 Å². The lowest BCUT2D eigenvalue weighted by molar-refractivity contribution is -0.122. The maximum atomic E-state index is 13.4. The lowest BCUT2D eigenvalue weighted by Crippen LogP contribution is -2.34. The molecule has 4 rings (SSSR count). The standard InChI is InChI=1S/C23H20FN3O2/c1-15(16-6-3-2-4-7-16)26-21(28)14-20-22-19(8-5-13-25-22)23(29)27(20)18-11-9-17(24)10-12-18/h2-13,15,20H,14H2,1H3,(H,26,28)/t15-,20+/m0/s1. The van der Waals surface area contributed by atoms with E-state index < -0.39 is 6.04 Å². The summed E-state index contributed by atoms with van der Waals surface area (Å²) in [4.78, 5) is 31.6. The van der Waals surface area contributed by atoms with E-state index in [4.69, 9.17) is 0 Å². The van der Waals surface area contributed by atoms with Crippen LogP contribution in [0.2, 0.25) is 0 Å². The number of carbonyl (C=O) groups excluding carboxylic acids is 2. The molecule has 0 spiro atoms. The summed E-state index contributed by atoms with van der Waals surface area (Å²) in [5, 5.41) is 2.99. The molecule has 1 aromatic heterocycles. The molecule has 3 aromatic rings. The number of amides is 2. The highest BCUT2D eigenvalue weighted by molar-refractivity contribution is 6.11. The van der Waals surface area contributed by atoms with Crippen LogP contribution < -0.4 is 10.2 Å². The molecular weight excluding hydrogens is 369 g/mol. The summed E-state index contributed by atoms with van der Waals surface area (Å²) in [5.41, 5.74) is 2.55. The van der Waals surface area contributed by atoms with Gasteiger partial charge in [-0.3, -0.25) is 19.5 Å². The maximum Gasteiger partial charge on any atom is 0.260 e. The number of carbonyl (C=O) groups is 2. The van der Waals surface area contributed by atoms with Gasteiger partial charge in [-0.15, -0.1) is 0 Å². The van der Waals surface area contributed by atoms with Gasteiger partial charge in [-0.05, 0) is 48.9 Å². The van der Waals surface area contributed by atoms with E-state index in [0.29, 0.717) is 16.9 Å². The van der Waals surface area contributed by atoms with Gasteiger partial charge in [0.05, 0.1) is 29.8 Å². The summed E-state index contributed by atoms with van der Waals surface area (Å²) in [6, 6.07) is 18.0. The Morgan fingerprint density at radius 1 is 1.10 bits per heavy atom. The first-order valence-electron chi connectivity index (χ1n) is 9.43. The highest BCUT2D eigenvalue weighted by atomic mass is 19.1. The molecular formula is C23H20FN3O2. The van der Waals surface area contributed by atoms with Gasteiger partial charge in [0.1, 0.15) is 5.82 Å². The molecule has 2 aromatic carbocycles. The van der Waals surface area contributed by atoms with Crippen molar-refractivity contribution in [1.29, 1.82) is 0 Å². The van der Waals surface area contributed by atoms with Crippen LogP contribution in [0.1, 0.15) is 47.0 Å². The summed E-state index contributed by atoms with van der Waals surface area (Å²) in [6.07, 6.45) is 1.67. The molecule has 6 heteroatoms. The molecule has 2 amide bonds. The molecule has 1 aliphatic heterocycles. The van der Waals surface area contributed by atoms with Crippen molar-refractivity contribution in [3.63, 3.8) is 0 Å². The molecule has 0 aliphatic carbocycles. The molecule has 0 saturated carbocycles. The van der Waals surface area contributed by atoms with Crippen molar-refractivity contribution in [2.24, 2.45) is 0 Å². The lowest BCUT2D eigenvalue weighted by Gasteiger charge is -2.25. The minimum absolute atomic E-state index is 0.0598. The molecule has 0 bridgehead atoms. The van der Waals surface area contributed by atoms with E-state index >= 15 is 0 Å². The monoisotopic (exact) mass is 389 g/mol. The van der Waals surface area contributed by atoms with Crippen molar-refractivity contribution < 1.29 is 14.0 Å². The molecule has 2 heterocycles. The van der Waals surface area contributed by atoms with Crippen LogP contribution in [0.25, 0.3) is 0 Å². The number of fused-ring (bicyclic) bond motifs is 1. The number of benzene rings is 2. The van der Waals surface area contributed by atoms with Gasteiger partial charge in [-0.2, -0.15) is 0 Å². The van der Waals surface area contributed by atoms with Crippen LogP contribution in [0.3, 0.4) is 0 Å². The van der Waals surface area contributed by atoms with E-state index in [2.05, 4.69) is 10.3 Å². The molecule has 5 nitrogen and oxygen atoms in total. The number of pyridine rings is 1. The Bertz CT molecular complexity index is 1040. The first-order chi connectivity index (χ1) is 14.0. The van der Waals surface area contributed by atoms with Gasteiger partial charge in [-0.1, -0.05) is 30.3 Å². The lowest BCUT2D eigenvalue weighted by atomic mass is 10.1. The van der Waals surface area contributed by atoms with E-state index in [1.165, 1.54) is 29.2 Å². The van der Waals surface area contributed by atoms with Crippen LogP contribution in [0, 0.1) is 5.82 Å². The average Bonchev–Trinajstić information content (AvgIpc) is 3.01. The third-order valence-electron chi connectivity index (χ3n) is 5.08. The third-order valence-corrected chi connectivity index (χ3v) is 5.08. The Kier molecular flexibility index (Phi) is 5.08. The van der Waals surface area contributed by atoms with Crippen molar-refractivity contribution in [3.05, 3.63) is 95.6 Å². The summed E-state index contributed by atoms with van der Waals surface area (Å²) in [7, 11) is 0. The number of nitrogens with one attached hydrogen (secondary N) is 1. The van der Waals surface area contributed by atoms with Gasteiger partial charge >= 0.3 is 0 Å². The summed E-state index contributed by atoms with van der Waals surface area (Å²) >= 11 is 0. The van der Waals surface area contributed by atoms with Crippen molar-refractivity contribution in [1.82, 2.24) is 10.3 Å². The SMILES string of the molecule is C[C@H](NC(=O)C[C@@H]1c2ncccc2C(=O)N1c1ccc(F)cc1)c1ccccc1. The van der Waals surface area contributed by atoms with Gasteiger partial charge in [-0.25, -0.2) is 4.39 Å². The van der Waals surface area contributed by atoms with E-state index in [9.17, 15) is 14.0 Å². The quantitative estimate of drug-likeness (QED) is 0.712. The number of halogens is 1. The molecule has 146 valence electrons. The van der Waals surface area contributed by atoms with Crippen molar-refractivity contribution in [3.8, 4) is 0 Å². The predicted molar refractivity (Wildman–Crippen MR) is 108 cm³/mol. The third kappa shape index (κ3) is 3.74. The second kappa shape index (κ2) is 7.83. The molecule has 2 atom stereocenters. The van der Waals surface area contributed by atoms with Crippen LogP contribution in [0.5, 0.6) is 0 Å². The van der Waals surface area contributed by atoms with Crippen LogP contribution >= 0.6 is 0 Å². The normalized spacial score (nSPS) is 16.4. The fourth-order valence-electron chi connectivity index (χ4n) is 3.65. The van der Waals surface area contributed by atoms with Crippen molar-refractivity contribution in [2.75, 3.05) is 4.90 Å². The van der Waals surface area contributed by atoms with Gasteiger partial charge in [0.25, 0.3) is 5.91 Å². The Balaban J connectivity index is 1.59. The molecule has 0 unspecified atom stereocenters. The Morgan fingerprint density at radius 2 is 1.83 bits per heavy atom. The number of hydrogen-bond donors (Lipinski definition) is 1. The van der Waals surface area contributed by atoms with Crippen LogP contribution in [-0.4, -0.2) is 16.8 Å². The fraction of sp³-hybridized carbons (Fsp3) is 0.174. The van der Waals surface area contributed by atoms with Gasteiger partial charge in [0.2, 0.25) is 5.91 Å². The summed E-state index contributed by atoms with van der Waals surface area (Å²) in [6.45, 7) is 1.91. The highest BCUT2D eigenvalue weighted by Gasteiger charge is 2.40. The molecule has 1 N–H and O–H groups in total. The van der Waals surface area contributed by atoms with E-state index in [0.717, 1.165) is 5.56 Å². The molecule has 0 saturated heterocycles. The molecule has 0 fully saturated rings. The molecule has 1 aliphatic rings. The Labute approximate surface area is 168 Å². The molecule has 29 heavy (non-hydrogen) atoms. The minimum atomic E-state index is -0.549. The molecule has 0 radical (unpaired) electrons. The smallest absolute Gasteiger partial charge is 0.260 e. The topological polar surface area (TPSA) is 62.3 Å². The van der Waals surface area contributed by atoms with E-state index in [1.807, 2.05) is 37.3 Å². The fourth-order valence-corrected chi connectivity index (χ4v) is 3.65. The first kappa shape index (κ1) is 18.8. The zero-order chi connectivity index (χ0) is 20.4. The minimum Gasteiger partial charge on any atom is -0.350 e. The summed E-state index contributed by atoms with van der Waals surface area (Å²) in [5.74, 6) is -0.819. The Morgan fingerprint density at radius 3 is 2.55 bits per heavy atom. The van der Waals surface area contributed by atoms with Gasteiger partial charge in [0.15, 0.2) is 0 Å². The van der Waals surface area contributed by atoms with Gasteiger partial charge < -0.3 is 5.32 Å². The second-order valence-corrected chi connectivity index (χ2v) is 7.01. The zero-order valence-electron chi connectivity index (χ0n) is 15.9. The number of rotatable bonds is 5. The highest BCUT2D eigenvalue weighted by Crippen LogP contribution is 2.38. The summed E-state index contributed by atoms with van der Waals surface area (Å²) < 4.78 is 13.4. The van der Waals surface area contributed by atoms with Crippen LogP contribution in [-0.2, 0) is 4.79 Å². The number of nitrogens with zero attached hydrogens (tertiary/aromatic N) is 2. The van der Waals surface area contributed by atoms with E-state index in [-0.39, 0.29) is 30.1 Å². The van der Waals surface area contributed by atoms with Crippen molar-refractivity contribution >= 4 is 17.5 Å². The second-order valence-electron chi connectivity index (χ2n) is 7.01. The number of anilines is 1. The largest absolute Gasteiger partial charge is 0.350 e. The first-order valence-corrected chi connectivity index (χ1v) is 9.43. The van der Waals surface area contributed by atoms with E-state index in [1.54, 1.807) is 18.3 Å². The predicted octanol–water partition coefficient (Wildman–Crippen LogP) is 4.19. The number of aromatic nitrogens is 1. The Hall–Kier alpha value is -3.54. The number of hydrogen-bond acceptors (Lipinski definition) is 3. The zero-order valence-corrected chi connectivity index (χ0v) is 15.9.